The molecule has 66 heavy (non-hydrogen) atoms. The Bertz CT molecular complexity index is 1880. The van der Waals surface area contributed by atoms with E-state index in [1.165, 1.54) is 7.11 Å². The SMILES string of the molecule is COCCC[C@H](NC(=O)[C@H](CC(C)C)NC(=O)CNC(=O)[C@H](Cc1ccccc1)NC(=O)[C@H](Cc1ccccc1)NC(=O)[C@H](CCCNC(=O)OC(C)(C)C)NC(=O)OC(C)(C)C)C(N)=O. The summed E-state index contributed by atoms with van der Waals surface area (Å²) in [5.41, 5.74) is 5.26. The van der Waals surface area contributed by atoms with E-state index in [-0.39, 0.29) is 51.0 Å². The van der Waals surface area contributed by atoms with Crippen molar-refractivity contribution in [1.82, 2.24) is 37.2 Å². The van der Waals surface area contributed by atoms with Crippen LogP contribution in [-0.2, 0) is 55.8 Å². The van der Waals surface area contributed by atoms with Gasteiger partial charge in [-0.05, 0) is 90.7 Å². The summed E-state index contributed by atoms with van der Waals surface area (Å²) in [6.45, 7) is 13.8. The van der Waals surface area contributed by atoms with Gasteiger partial charge in [-0.1, -0.05) is 74.5 Å². The Balaban J connectivity index is 2.34. The first-order chi connectivity index (χ1) is 31.0. The third-order valence-electron chi connectivity index (χ3n) is 9.46. The minimum Gasteiger partial charge on any atom is -0.444 e. The molecule has 0 heterocycles. The van der Waals surface area contributed by atoms with Crippen LogP contribution in [0.3, 0.4) is 0 Å². The van der Waals surface area contributed by atoms with Crippen LogP contribution in [0, 0.1) is 5.92 Å². The molecule has 19 nitrogen and oxygen atoms in total. The summed E-state index contributed by atoms with van der Waals surface area (Å²) in [7, 11) is 1.51. The molecule has 0 aliphatic rings. The van der Waals surface area contributed by atoms with E-state index in [0.29, 0.717) is 24.2 Å². The largest absolute Gasteiger partial charge is 0.444 e. The van der Waals surface area contributed by atoms with Gasteiger partial charge in [0.1, 0.15) is 41.4 Å². The van der Waals surface area contributed by atoms with Crippen LogP contribution in [0.1, 0.15) is 98.6 Å². The summed E-state index contributed by atoms with van der Waals surface area (Å²) in [6.07, 6.45) is -0.385. The molecule has 0 aromatic heterocycles. The van der Waals surface area contributed by atoms with Crippen molar-refractivity contribution in [3.05, 3.63) is 71.8 Å². The van der Waals surface area contributed by atoms with Crippen LogP contribution >= 0.6 is 0 Å². The highest BCUT2D eigenvalue weighted by atomic mass is 16.6. The predicted molar refractivity (Wildman–Crippen MR) is 247 cm³/mol. The van der Waals surface area contributed by atoms with Crippen molar-refractivity contribution in [2.45, 2.75) is 142 Å². The molecule has 0 radical (unpaired) electrons. The van der Waals surface area contributed by atoms with E-state index in [1.807, 2.05) is 13.8 Å². The molecule has 0 saturated carbocycles. The second-order valence-corrected chi connectivity index (χ2v) is 18.3. The summed E-state index contributed by atoms with van der Waals surface area (Å²) < 4.78 is 15.7. The van der Waals surface area contributed by atoms with Crippen molar-refractivity contribution < 1.29 is 52.6 Å². The number of primary amides is 1. The second-order valence-electron chi connectivity index (χ2n) is 18.3. The number of benzene rings is 2. The molecule has 8 amide bonds. The fourth-order valence-electron chi connectivity index (χ4n) is 6.42. The van der Waals surface area contributed by atoms with Gasteiger partial charge in [0.2, 0.25) is 35.4 Å². The van der Waals surface area contributed by atoms with Gasteiger partial charge in [-0.3, -0.25) is 28.8 Å². The molecular weight excluding hydrogens is 853 g/mol. The fourth-order valence-corrected chi connectivity index (χ4v) is 6.42. The van der Waals surface area contributed by atoms with Gasteiger partial charge >= 0.3 is 12.2 Å². The second kappa shape index (κ2) is 27.9. The molecule has 0 bridgehead atoms. The molecule has 0 aliphatic heterocycles. The molecule has 9 N–H and O–H groups in total. The van der Waals surface area contributed by atoms with Gasteiger partial charge < -0.3 is 57.2 Å². The van der Waals surface area contributed by atoms with E-state index in [1.54, 1.807) is 102 Å². The standard InChI is InChI=1S/C47H72N8O11/c1-30(2)26-35(42(60)52-33(39(48)57)23-17-25-64-9)51-38(56)29-50-40(58)36(27-31-18-12-10-13-19-31)53-43(61)37(28-32-20-14-11-15-21-32)54-41(59)34(55-45(63)66-47(6,7)8)22-16-24-49-44(62)65-46(3,4)5/h10-15,18-21,30,33-37H,16-17,22-29H2,1-9H3,(H2,48,57)(H,49,62)(H,50,58)(H,51,56)(H,52,60)(H,53,61)(H,54,59)(H,55,63)/t33-,34-,35-,36-,37-/m0/s1. The lowest BCUT2D eigenvalue weighted by Gasteiger charge is -2.27. The predicted octanol–water partition coefficient (Wildman–Crippen LogP) is 2.68. The highest BCUT2D eigenvalue weighted by molar-refractivity contribution is 5.96. The average Bonchev–Trinajstić information content (AvgIpc) is 3.22. The van der Waals surface area contributed by atoms with Gasteiger partial charge in [-0.15, -0.1) is 0 Å². The van der Waals surface area contributed by atoms with Gasteiger partial charge in [0, 0.05) is 33.1 Å². The zero-order valence-corrected chi connectivity index (χ0v) is 39.9. The van der Waals surface area contributed by atoms with Crippen LogP contribution in [0.25, 0.3) is 0 Å². The van der Waals surface area contributed by atoms with E-state index in [4.69, 9.17) is 19.9 Å². The third kappa shape index (κ3) is 23.6. The van der Waals surface area contributed by atoms with Crippen LogP contribution < -0.4 is 43.0 Å². The first-order valence-corrected chi connectivity index (χ1v) is 22.3. The number of hydrogen-bond acceptors (Lipinski definition) is 11. The fraction of sp³-hybridized carbons (Fsp3) is 0.574. The number of alkyl carbamates (subject to hydrolysis) is 2. The Morgan fingerprint density at radius 3 is 1.53 bits per heavy atom. The number of ether oxygens (including phenoxy) is 3. The van der Waals surface area contributed by atoms with Crippen molar-refractivity contribution in [2.24, 2.45) is 11.7 Å². The number of carbonyl (C=O) groups is 8. The van der Waals surface area contributed by atoms with E-state index < -0.39 is 95.6 Å². The van der Waals surface area contributed by atoms with Crippen molar-refractivity contribution in [2.75, 3.05) is 26.8 Å². The van der Waals surface area contributed by atoms with Gasteiger partial charge in [0.25, 0.3) is 0 Å². The topological polar surface area (TPSA) is 274 Å². The van der Waals surface area contributed by atoms with E-state index in [0.717, 1.165) is 0 Å². The Morgan fingerprint density at radius 2 is 1.03 bits per heavy atom. The summed E-state index contributed by atoms with van der Waals surface area (Å²) in [6, 6.07) is 11.9. The minimum atomic E-state index is -1.27. The lowest BCUT2D eigenvalue weighted by molar-refractivity contribution is -0.133. The zero-order chi connectivity index (χ0) is 49.5. The Hall–Kier alpha value is -6.24. The number of hydrogen-bond donors (Lipinski definition) is 8. The highest BCUT2D eigenvalue weighted by Gasteiger charge is 2.32. The van der Waals surface area contributed by atoms with E-state index in [9.17, 15) is 38.4 Å². The molecule has 5 atom stereocenters. The molecule has 2 aromatic rings. The van der Waals surface area contributed by atoms with Crippen LogP contribution in [-0.4, -0.2) is 116 Å². The van der Waals surface area contributed by atoms with Gasteiger partial charge in [0.15, 0.2) is 0 Å². The lowest BCUT2D eigenvalue weighted by atomic mass is 10.0. The minimum absolute atomic E-state index is 0.00450. The van der Waals surface area contributed by atoms with E-state index in [2.05, 4.69) is 37.2 Å². The van der Waals surface area contributed by atoms with Crippen LogP contribution in [0.4, 0.5) is 9.59 Å². The number of amides is 8. The summed E-state index contributed by atoms with van der Waals surface area (Å²) >= 11 is 0. The molecule has 366 valence electrons. The maximum Gasteiger partial charge on any atom is 0.408 e. The molecule has 0 fully saturated rings. The molecule has 19 heteroatoms. The number of rotatable bonds is 26. The molecule has 0 spiro atoms. The molecule has 2 aromatic carbocycles. The summed E-state index contributed by atoms with van der Waals surface area (Å²) in [5.74, 6) is -4.30. The number of methoxy groups -OCH3 is 1. The van der Waals surface area contributed by atoms with Crippen LogP contribution in [0.5, 0.6) is 0 Å². The highest BCUT2D eigenvalue weighted by Crippen LogP contribution is 2.12. The Labute approximate surface area is 388 Å². The van der Waals surface area contributed by atoms with Crippen molar-refractivity contribution in [3.63, 3.8) is 0 Å². The van der Waals surface area contributed by atoms with Crippen LogP contribution in [0.15, 0.2) is 60.7 Å². The molecule has 0 aliphatic carbocycles. The Morgan fingerprint density at radius 1 is 0.561 bits per heavy atom. The van der Waals surface area contributed by atoms with E-state index >= 15 is 0 Å². The lowest BCUT2D eigenvalue weighted by Crippen LogP contribution is -2.58. The van der Waals surface area contributed by atoms with Gasteiger partial charge in [-0.2, -0.15) is 0 Å². The molecular formula is C47H72N8O11. The van der Waals surface area contributed by atoms with Crippen molar-refractivity contribution in [1.29, 1.82) is 0 Å². The first-order valence-electron chi connectivity index (χ1n) is 22.3. The van der Waals surface area contributed by atoms with Gasteiger partial charge in [-0.25, -0.2) is 9.59 Å². The van der Waals surface area contributed by atoms with Crippen molar-refractivity contribution in [3.8, 4) is 0 Å². The quantitative estimate of drug-likeness (QED) is 0.0636. The Kier molecular flexibility index (Phi) is 23.7. The van der Waals surface area contributed by atoms with Gasteiger partial charge in [0.05, 0.1) is 6.54 Å². The number of carbonyl (C=O) groups excluding carboxylic acids is 8. The molecule has 0 saturated heterocycles. The molecule has 2 rings (SSSR count). The normalized spacial score (nSPS) is 13.7. The van der Waals surface area contributed by atoms with Crippen molar-refractivity contribution >= 4 is 47.6 Å². The summed E-state index contributed by atoms with van der Waals surface area (Å²) in [4.78, 5) is 106. The number of nitrogens with two attached hydrogens (primary N) is 1. The summed E-state index contributed by atoms with van der Waals surface area (Å²) in [5, 5.41) is 18.5. The first kappa shape index (κ1) is 55.9. The maximum absolute atomic E-state index is 14.3. The number of nitrogens with one attached hydrogen (secondary N) is 7. The average molecular weight is 925 g/mol. The zero-order valence-electron chi connectivity index (χ0n) is 39.9. The smallest absolute Gasteiger partial charge is 0.408 e. The third-order valence-corrected chi connectivity index (χ3v) is 9.46. The maximum atomic E-state index is 14.3. The molecule has 0 unspecified atom stereocenters. The van der Waals surface area contributed by atoms with Crippen LogP contribution in [0.2, 0.25) is 0 Å². The monoisotopic (exact) mass is 925 g/mol.